The summed E-state index contributed by atoms with van der Waals surface area (Å²) in [6.45, 7) is 8.62. The maximum absolute atomic E-state index is 15.3. The Hall–Kier alpha value is -2.88. The van der Waals surface area contributed by atoms with Gasteiger partial charge in [0.1, 0.15) is 5.82 Å². The highest BCUT2D eigenvalue weighted by molar-refractivity contribution is 7.99. The zero-order valence-corrected chi connectivity index (χ0v) is 21.7. The molecule has 3 aromatic rings. The van der Waals surface area contributed by atoms with E-state index in [2.05, 4.69) is 22.0 Å². The zero-order chi connectivity index (χ0) is 27.4. The second-order valence-corrected chi connectivity index (χ2v) is 10.9. The van der Waals surface area contributed by atoms with Crippen molar-refractivity contribution in [2.75, 3.05) is 17.6 Å². The van der Waals surface area contributed by atoms with E-state index in [1.54, 1.807) is 37.3 Å². The van der Waals surface area contributed by atoms with Crippen molar-refractivity contribution in [3.05, 3.63) is 65.4 Å². The fourth-order valence-electron chi connectivity index (χ4n) is 4.47. The number of phenols is 1. The number of aromatic nitrogens is 1. The molecule has 0 fully saturated rings. The van der Waals surface area contributed by atoms with Crippen molar-refractivity contribution in [1.29, 1.82) is 0 Å². The van der Waals surface area contributed by atoms with Crippen LogP contribution in [0.2, 0.25) is 0 Å². The average Bonchev–Trinajstić information content (AvgIpc) is 2.81. The van der Waals surface area contributed by atoms with Crippen LogP contribution in [0.15, 0.2) is 47.5 Å². The first-order chi connectivity index (χ1) is 17.4. The van der Waals surface area contributed by atoms with Crippen LogP contribution in [0.5, 0.6) is 5.75 Å². The van der Waals surface area contributed by atoms with E-state index in [1.165, 1.54) is 11.8 Å². The van der Waals surface area contributed by atoms with E-state index >= 15 is 17.6 Å². The van der Waals surface area contributed by atoms with Crippen LogP contribution < -0.4 is 5.32 Å². The lowest BCUT2D eigenvalue weighted by Crippen LogP contribution is -2.47. The first-order valence-corrected chi connectivity index (χ1v) is 12.9. The molecule has 37 heavy (non-hydrogen) atoms. The molecule has 0 radical (unpaired) electrons. The Labute approximate surface area is 217 Å². The van der Waals surface area contributed by atoms with Crippen LogP contribution in [-0.4, -0.2) is 40.5 Å². The Morgan fingerprint density at radius 3 is 2.49 bits per heavy atom. The van der Waals surface area contributed by atoms with Crippen LogP contribution in [-0.2, 0) is 0 Å². The molecule has 0 saturated carbocycles. The molecule has 0 bridgehead atoms. The molecule has 2 aromatic carbocycles. The van der Waals surface area contributed by atoms with Gasteiger partial charge in [-0.1, -0.05) is 19.9 Å². The van der Waals surface area contributed by atoms with E-state index in [9.17, 15) is 9.50 Å². The highest BCUT2D eigenvalue weighted by atomic mass is 32.2. The monoisotopic (exact) mass is 539 g/mol. The van der Waals surface area contributed by atoms with Crippen LogP contribution in [0.25, 0.3) is 10.9 Å². The number of rotatable bonds is 11. The number of phenolic OH excluding ortho intramolecular Hbond substituents is 1. The number of nitrogens with zero attached hydrogens (tertiary/aromatic N) is 2. The van der Waals surface area contributed by atoms with Crippen LogP contribution >= 0.6 is 11.8 Å². The number of benzene rings is 2. The zero-order valence-electron chi connectivity index (χ0n) is 20.9. The van der Waals surface area contributed by atoms with Crippen LogP contribution in [0, 0.1) is 24.0 Å². The second-order valence-electron chi connectivity index (χ2n) is 9.25. The summed E-state index contributed by atoms with van der Waals surface area (Å²) < 4.78 is 75.2. The lowest BCUT2D eigenvalue weighted by atomic mass is 9.71. The second kappa shape index (κ2) is 11.7. The molecule has 2 N–H and O–H groups in total. The fraction of sp³-hybridized carbons (Fsp3) is 0.407. The average molecular weight is 540 g/mol. The Morgan fingerprint density at radius 2 is 1.84 bits per heavy atom. The summed E-state index contributed by atoms with van der Waals surface area (Å²) >= 11 is 1.34. The summed E-state index contributed by atoms with van der Waals surface area (Å²) in [4.78, 5) is 8.09. The largest absolute Gasteiger partial charge is 0.505 e. The Kier molecular flexibility index (Phi) is 9.05. The summed E-state index contributed by atoms with van der Waals surface area (Å²) in [5, 5.41) is 13.5. The minimum Gasteiger partial charge on any atom is -0.505 e. The predicted octanol–water partition coefficient (Wildman–Crippen LogP) is 7.85. The highest BCUT2D eigenvalue weighted by Crippen LogP contribution is 2.55. The smallest absolute Gasteiger partial charge is 0.396 e. The Morgan fingerprint density at radius 1 is 1.11 bits per heavy atom. The molecule has 0 aliphatic rings. The fourth-order valence-corrected chi connectivity index (χ4v) is 5.43. The molecule has 3 rings (SSSR count). The normalized spacial score (nSPS) is 14.5. The van der Waals surface area contributed by atoms with E-state index in [0.717, 1.165) is 5.69 Å². The number of fused-ring (bicyclic) bond motifs is 1. The number of hydrogen-bond donors (Lipinski definition) is 2. The third-order valence-electron chi connectivity index (χ3n) is 6.36. The number of thioether (sulfide) groups is 1. The molecule has 0 aliphatic heterocycles. The topological polar surface area (TPSA) is 57.5 Å². The molecule has 0 spiro atoms. The molecule has 2 unspecified atom stereocenters. The quantitative estimate of drug-likeness (QED) is 0.192. The Balaban J connectivity index is 2.29. The molecule has 2 atom stereocenters. The van der Waals surface area contributed by atoms with E-state index in [-0.39, 0.29) is 23.2 Å². The lowest BCUT2D eigenvalue weighted by Gasteiger charge is -2.43. The summed E-state index contributed by atoms with van der Waals surface area (Å²) in [7, 11) is 0. The highest BCUT2D eigenvalue weighted by Gasteiger charge is 2.59. The summed E-state index contributed by atoms with van der Waals surface area (Å²) in [6.07, 6.45) is -5.76. The van der Waals surface area contributed by atoms with Crippen molar-refractivity contribution in [3.8, 4) is 5.75 Å². The number of halogens is 5. The van der Waals surface area contributed by atoms with Crippen molar-refractivity contribution in [3.63, 3.8) is 0 Å². The maximum Gasteiger partial charge on any atom is 0.396 e. The number of aromatic hydroxyl groups is 1. The number of alkyl halides is 3. The molecule has 4 nitrogen and oxygen atoms in total. The summed E-state index contributed by atoms with van der Waals surface area (Å²) in [5.41, 5.74) is -1.67. The van der Waals surface area contributed by atoms with Crippen LogP contribution in [0.3, 0.4) is 0 Å². The van der Waals surface area contributed by atoms with Crippen LogP contribution in [0.1, 0.15) is 44.0 Å². The molecule has 1 aromatic heterocycles. The van der Waals surface area contributed by atoms with Crippen molar-refractivity contribution in [2.45, 2.75) is 51.1 Å². The van der Waals surface area contributed by atoms with Crippen molar-refractivity contribution >= 4 is 35.1 Å². The number of nitrogens with one attached hydrogen (secondary N) is 1. The van der Waals surface area contributed by atoms with Gasteiger partial charge in [0.2, 0.25) is 0 Å². The van der Waals surface area contributed by atoms with Gasteiger partial charge in [0.05, 0.1) is 17.0 Å². The van der Waals surface area contributed by atoms with Gasteiger partial charge in [-0.15, -0.1) is 0 Å². The molecule has 0 saturated heterocycles. The van der Waals surface area contributed by atoms with Crippen molar-refractivity contribution in [2.24, 2.45) is 10.4 Å². The van der Waals surface area contributed by atoms with Gasteiger partial charge in [-0.3, -0.25) is 4.98 Å². The van der Waals surface area contributed by atoms with Gasteiger partial charge >= 0.3 is 6.18 Å². The van der Waals surface area contributed by atoms with Gasteiger partial charge in [-0.05, 0) is 67.8 Å². The minimum absolute atomic E-state index is 0.0669. The molecular formula is C27H30F5N3OS. The molecule has 1 heterocycles. The van der Waals surface area contributed by atoms with Gasteiger partial charge in [-0.2, -0.15) is 24.9 Å². The van der Waals surface area contributed by atoms with Crippen molar-refractivity contribution in [1.82, 2.24) is 4.98 Å². The molecule has 0 amide bonds. The SMILES string of the molecule is C=NCCC(CCSC(C)C)(C(Nc1cccc2nc(C)ccc12)c1cc(F)cc(O)c1F)C(F)(F)F. The first kappa shape index (κ1) is 28.7. The summed E-state index contributed by atoms with van der Waals surface area (Å²) in [5.74, 6) is -3.31. The third kappa shape index (κ3) is 6.34. The van der Waals surface area contributed by atoms with Gasteiger partial charge in [-0.25, -0.2) is 8.78 Å². The Bertz CT molecular complexity index is 1250. The number of pyridine rings is 1. The third-order valence-corrected chi connectivity index (χ3v) is 7.47. The van der Waals surface area contributed by atoms with E-state index in [0.29, 0.717) is 23.0 Å². The minimum atomic E-state index is -4.85. The van der Waals surface area contributed by atoms with Crippen LogP contribution in [0.4, 0.5) is 27.6 Å². The predicted molar refractivity (Wildman–Crippen MR) is 141 cm³/mol. The van der Waals surface area contributed by atoms with Crippen molar-refractivity contribution < 1.29 is 27.1 Å². The van der Waals surface area contributed by atoms with E-state index in [1.807, 2.05) is 13.8 Å². The standard InChI is InChI=1S/C27H30F5N3OS/c1-16(2)37-13-11-26(10-12-33-4,27(30,31)32)25(20-14-18(28)15-23(36)24(20)29)35-22-7-5-6-21-19(22)9-8-17(3)34-21/h5-9,14-16,25,35-36H,4,10-13H2,1-3H3. The maximum atomic E-state index is 15.3. The lowest BCUT2D eigenvalue weighted by molar-refractivity contribution is -0.234. The van der Waals surface area contributed by atoms with Gasteiger partial charge in [0.15, 0.2) is 11.6 Å². The van der Waals surface area contributed by atoms with E-state index < -0.39 is 53.4 Å². The molecule has 0 aliphatic carbocycles. The first-order valence-electron chi connectivity index (χ1n) is 11.8. The van der Waals surface area contributed by atoms with Gasteiger partial charge < -0.3 is 15.4 Å². The van der Waals surface area contributed by atoms with Gasteiger partial charge in [0.25, 0.3) is 0 Å². The molecule has 200 valence electrons. The summed E-state index contributed by atoms with van der Waals surface area (Å²) in [6, 6.07) is 7.79. The van der Waals surface area contributed by atoms with E-state index in [4.69, 9.17) is 0 Å². The number of anilines is 1. The number of aryl methyl sites for hydroxylation is 1. The molecular weight excluding hydrogens is 509 g/mol. The number of hydrogen-bond acceptors (Lipinski definition) is 5. The van der Waals surface area contributed by atoms with Gasteiger partial charge in [0, 0.05) is 34.9 Å². The molecule has 10 heteroatoms. The number of aliphatic imine (C=N–C) groups is 1.